The molecule has 1 aliphatic heterocycles. The minimum absolute atomic E-state index is 0.0160. The van der Waals surface area contributed by atoms with Gasteiger partial charge in [0.25, 0.3) is 0 Å². The molecule has 0 saturated carbocycles. The summed E-state index contributed by atoms with van der Waals surface area (Å²) in [4.78, 5) is 28.2. The fourth-order valence-corrected chi connectivity index (χ4v) is 2.74. The molecule has 0 aromatic carbocycles. The van der Waals surface area contributed by atoms with Gasteiger partial charge >= 0.3 is 11.8 Å². The van der Waals surface area contributed by atoms with E-state index in [1.807, 2.05) is 13.8 Å². The zero-order valence-corrected chi connectivity index (χ0v) is 11.6. The van der Waals surface area contributed by atoms with E-state index in [0.717, 1.165) is 12.8 Å². The van der Waals surface area contributed by atoms with Gasteiger partial charge in [0.2, 0.25) is 0 Å². The van der Waals surface area contributed by atoms with Gasteiger partial charge in [-0.15, -0.1) is 0 Å². The normalized spacial score (nSPS) is 21.5. The number of carboxylic acid groups (broad SMARTS) is 1. The minimum Gasteiger partial charge on any atom is -0.465 e. The van der Waals surface area contributed by atoms with Gasteiger partial charge in [0.05, 0.1) is 12.1 Å². The predicted molar refractivity (Wildman–Crippen MR) is 71.9 cm³/mol. The summed E-state index contributed by atoms with van der Waals surface area (Å²) in [5, 5.41) is 9.44. The molecule has 19 heavy (non-hydrogen) atoms. The summed E-state index contributed by atoms with van der Waals surface area (Å²) in [7, 11) is 0. The van der Waals surface area contributed by atoms with Crippen LogP contribution < -0.4 is 10.6 Å². The van der Waals surface area contributed by atoms with Crippen LogP contribution in [0.5, 0.6) is 0 Å². The quantitative estimate of drug-likeness (QED) is 0.865. The molecular weight excluding hydrogens is 270 g/mol. The van der Waals surface area contributed by atoms with E-state index in [1.165, 1.54) is 15.5 Å². The summed E-state index contributed by atoms with van der Waals surface area (Å²) in [6.45, 7) is 4.20. The van der Waals surface area contributed by atoms with Crippen molar-refractivity contribution in [3.8, 4) is 0 Å². The number of nitrogens with zero attached hydrogens (tertiary/aromatic N) is 3. The molecule has 0 aliphatic carbocycles. The lowest BCUT2D eigenvalue weighted by Gasteiger charge is -2.31. The minimum atomic E-state index is -1.08. The highest BCUT2D eigenvalue weighted by molar-refractivity contribution is 6.29. The Labute approximate surface area is 115 Å². The van der Waals surface area contributed by atoms with E-state index in [4.69, 9.17) is 11.6 Å². The van der Waals surface area contributed by atoms with Crippen LogP contribution in [0.2, 0.25) is 5.15 Å². The van der Waals surface area contributed by atoms with Gasteiger partial charge in [0.1, 0.15) is 11.0 Å². The molecule has 1 aliphatic rings. The Bertz CT molecular complexity index is 572. The second-order valence-corrected chi connectivity index (χ2v) is 5.41. The van der Waals surface area contributed by atoms with Gasteiger partial charge in [-0.1, -0.05) is 31.4 Å². The molecule has 2 heterocycles. The number of anilines is 1. The predicted octanol–water partition coefficient (Wildman–Crippen LogP) is 2.34. The third-order valence-corrected chi connectivity index (χ3v) is 3.68. The Morgan fingerprint density at radius 2 is 2.32 bits per heavy atom. The van der Waals surface area contributed by atoms with Crippen molar-refractivity contribution in [1.29, 1.82) is 0 Å². The van der Waals surface area contributed by atoms with Crippen molar-refractivity contribution in [2.75, 3.05) is 4.90 Å². The Balaban J connectivity index is 2.51. The first kappa shape index (κ1) is 13.9. The van der Waals surface area contributed by atoms with Crippen LogP contribution in [0.15, 0.2) is 10.9 Å². The van der Waals surface area contributed by atoms with Crippen LogP contribution in [0, 0.1) is 0 Å². The summed E-state index contributed by atoms with van der Waals surface area (Å²) < 4.78 is 1.37. The first-order valence-corrected chi connectivity index (χ1v) is 6.57. The van der Waals surface area contributed by atoms with Gasteiger partial charge in [-0.25, -0.2) is 9.59 Å². The van der Waals surface area contributed by atoms with Crippen molar-refractivity contribution in [1.82, 2.24) is 9.55 Å². The standard InChI is InChI=1S/C12H16ClN3O3/c1-3-4-5-12(2)7-15-9(16(12)11(18)19)6-8(13)14-10(15)17/h6H,3-5,7H2,1-2H3,(H,18,19). The van der Waals surface area contributed by atoms with Crippen LogP contribution in [0.1, 0.15) is 33.1 Å². The van der Waals surface area contributed by atoms with E-state index in [-0.39, 0.29) is 5.15 Å². The molecule has 1 atom stereocenters. The maximum absolute atomic E-state index is 11.8. The summed E-state index contributed by atoms with van der Waals surface area (Å²) in [5.74, 6) is 0.302. The van der Waals surface area contributed by atoms with Crippen LogP contribution in [-0.4, -0.2) is 26.3 Å². The Hall–Kier alpha value is -1.56. The van der Waals surface area contributed by atoms with Gasteiger partial charge in [0, 0.05) is 6.07 Å². The average Bonchev–Trinajstić information content (AvgIpc) is 2.60. The van der Waals surface area contributed by atoms with E-state index in [0.29, 0.717) is 18.8 Å². The molecule has 0 saturated heterocycles. The maximum Gasteiger partial charge on any atom is 0.413 e. The van der Waals surface area contributed by atoms with Crippen LogP contribution in [0.3, 0.4) is 0 Å². The molecule has 2 rings (SSSR count). The molecule has 104 valence electrons. The van der Waals surface area contributed by atoms with E-state index in [1.54, 1.807) is 0 Å². The van der Waals surface area contributed by atoms with E-state index in [9.17, 15) is 14.7 Å². The number of hydrogen-bond donors (Lipinski definition) is 1. The first-order chi connectivity index (χ1) is 8.89. The second-order valence-electron chi connectivity index (χ2n) is 5.02. The van der Waals surface area contributed by atoms with Crippen LogP contribution in [-0.2, 0) is 6.54 Å². The highest BCUT2D eigenvalue weighted by Gasteiger charge is 2.44. The lowest BCUT2D eigenvalue weighted by atomic mass is 9.94. The number of amides is 1. The SMILES string of the molecule is CCCCC1(C)Cn2c(cc(Cl)nc2=O)N1C(=O)O. The summed E-state index contributed by atoms with van der Waals surface area (Å²) in [6, 6.07) is 1.42. The van der Waals surface area contributed by atoms with Crippen molar-refractivity contribution in [2.45, 2.75) is 45.2 Å². The highest BCUT2D eigenvalue weighted by atomic mass is 35.5. The average molecular weight is 286 g/mol. The Morgan fingerprint density at radius 3 is 2.89 bits per heavy atom. The summed E-state index contributed by atoms with van der Waals surface area (Å²) in [5.41, 5.74) is -1.13. The summed E-state index contributed by atoms with van der Waals surface area (Å²) in [6.07, 6.45) is 1.47. The van der Waals surface area contributed by atoms with E-state index >= 15 is 0 Å². The number of halogens is 1. The van der Waals surface area contributed by atoms with Crippen molar-refractivity contribution >= 4 is 23.5 Å². The van der Waals surface area contributed by atoms with Crippen LogP contribution in [0.4, 0.5) is 10.6 Å². The molecule has 1 unspecified atom stereocenters. The lowest BCUT2D eigenvalue weighted by molar-refractivity contribution is 0.192. The topological polar surface area (TPSA) is 75.4 Å². The molecule has 0 fully saturated rings. The van der Waals surface area contributed by atoms with E-state index in [2.05, 4.69) is 4.98 Å². The largest absolute Gasteiger partial charge is 0.465 e. The van der Waals surface area contributed by atoms with Crippen molar-refractivity contribution in [2.24, 2.45) is 0 Å². The second kappa shape index (κ2) is 4.85. The lowest BCUT2D eigenvalue weighted by Crippen LogP contribution is -2.47. The Kier molecular flexibility index (Phi) is 3.54. The molecule has 0 bridgehead atoms. The molecule has 7 heteroatoms. The first-order valence-electron chi connectivity index (χ1n) is 6.19. The van der Waals surface area contributed by atoms with Gasteiger partial charge in [-0.2, -0.15) is 4.98 Å². The van der Waals surface area contributed by atoms with Gasteiger partial charge in [-0.3, -0.25) is 9.47 Å². The van der Waals surface area contributed by atoms with Gasteiger partial charge < -0.3 is 5.11 Å². The molecule has 6 nitrogen and oxygen atoms in total. The molecular formula is C12H16ClN3O3. The van der Waals surface area contributed by atoms with Gasteiger partial charge in [0.15, 0.2) is 0 Å². The van der Waals surface area contributed by atoms with Crippen molar-refractivity contribution in [3.05, 3.63) is 21.7 Å². The fourth-order valence-electron chi connectivity index (χ4n) is 2.57. The van der Waals surface area contributed by atoms with Crippen molar-refractivity contribution in [3.63, 3.8) is 0 Å². The number of carbonyl (C=O) groups is 1. The molecule has 1 N–H and O–H groups in total. The molecule has 1 amide bonds. The third-order valence-electron chi connectivity index (χ3n) is 3.49. The third kappa shape index (κ3) is 2.32. The molecule has 0 spiro atoms. The van der Waals surface area contributed by atoms with E-state index < -0.39 is 17.3 Å². The van der Waals surface area contributed by atoms with Crippen LogP contribution >= 0.6 is 11.6 Å². The maximum atomic E-state index is 11.8. The number of rotatable bonds is 3. The zero-order chi connectivity index (χ0) is 14.2. The van der Waals surface area contributed by atoms with Gasteiger partial charge in [-0.05, 0) is 13.3 Å². The number of unbranched alkanes of at least 4 members (excludes halogenated alkanes) is 1. The monoisotopic (exact) mass is 285 g/mol. The van der Waals surface area contributed by atoms with Crippen LogP contribution in [0.25, 0.3) is 0 Å². The zero-order valence-electron chi connectivity index (χ0n) is 10.9. The fraction of sp³-hybridized carbons (Fsp3) is 0.583. The highest BCUT2D eigenvalue weighted by Crippen LogP contribution is 2.36. The molecule has 1 aromatic rings. The number of hydrogen-bond acceptors (Lipinski definition) is 3. The molecule has 0 radical (unpaired) electrons. The Morgan fingerprint density at radius 1 is 1.63 bits per heavy atom. The number of aromatic nitrogens is 2. The molecule has 1 aromatic heterocycles. The number of fused-ring (bicyclic) bond motifs is 1. The summed E-state index contributed by atoms with van der Waals surface area (Å²) >= 11 is 5.75. The smallest absolute Gasteiger partial charge is 0.413 e. The van der Waals surface area contributed by atoms with Crippen molar-refractivity contribution < 1.29 is 9.90 Å².